The Kier molecular flexibility index (Phi) is 15.9. The summed E-state index contributed by atoms with van der Waals surface area (Å²) in [7, 11) is 0. The summed E-state index contributed by atoms with van der Waals surface area (Å²) in [6, 6.07) is 27.5. The van der Waals surface area contributed by atoms with Gasteiger partial charge in [-0.25, -0.2) is 9.59 Å². The molecule has 0 heterocycles. The third kappa shape index (κ3) is 11.7. The maximum absolute atomic E-state index is 11.5. The van der Waals surface area contributed by atoms with Crippen LogP contribution >= 0.6 is 137 Å². The number of nitrogens with zero attached hydrogens (tertiary/aromatic N) is 2. The van der Waals surface area contributed by atoms with Crippen molar-refractivity contribution < 1.29 is 39.5 Å². The largest absolute Gasteiger partial charge is 0.508 e. The molecule has 4 N–H and O–H groups in total. The molecule has 46 heavy (non-hydrogen) atoms. The number of phenolic OH excluding ortho intramolecular Hbond substituents is 2. The number of carboxylic acid groups (broad SMARTS) is 2. The van der Waals surface area contributed by atoms with E-state index in [9.17, 15) is 30.0 Å². The van der Waals surface area contributed by atoms with Gasteiger partial charge in [-0.1, -0.05) is 24.3 Å². The Hall–Kier alpha value is -0.680. The Morgan fingerprint density at radius 1 is 0.522 bits per heavy atom. The first kappa shape index (κ1) is 39.8. The minimum atomic E-state index is -1.02. The van der Waals surface area contributed by atoms with E-state index in [1.165, 1.54) is 0 Å². The fraction of sp³-hybridized carbons (Fsp3) is 0.133. The molecule has 0 saturated carbocycles. The first-order chi connectivity index (χ1) is 21.6. The lowest BCUT2D eigenvalue weighted by Crippen LogP contribution is -2.41. The first-order valence-electron chi connectivity index (χ1n) is 12.8. The van der Waals surface area contributed by atoms with Crippen molar-refractivity contribution >= 4 is 149 Å². The van der Waals surface area contributed by atoms with Gasteiger partial charge in [-0.2, -0.15) is 2.65 Å². The van der Waals surface area contributed by atoms with Crippen molar-refractivity contribution in [2.45, 2.75) is 19.9 Å². The topological polar surface area (TPSA) is 140 Å². The number of halogens is 6. The zero-order chi connectivity index (χ0) is 34.1. The summed E-state index contributed by atoms with van der Waals surface area (Å²) in [4.78, 5) is 23.0. The van der Waals surface area contributed by atoms with Crippen molar-refractivity contribution in [1.82, 2.24) is 2.65 Å². The molecule has 0 aliphatic rings. The van der Waals surface area contributed by atoms with Gasteiger partial charge >= 0.3 is 11.9 Å². The molecule has 0 aliphatic carbocycles. The summed E-state index contributed by atoms with van der Waals surface area (Å²) >= 11 is 11.8. The smallest absolute Gasteiger partial charge is 0.336 e. The molecule has 2 atom stereocenters. The summed E-state index contributed by atoms with van der Waals surface area (Å²) in [5.41, 5.74) is 1.80. The second-order valence-electron chi connectivity index (χ2n) is 9.43. The van der Waals surface area contributed by atoms with Gasteiger partial charge in [0.1, 0.15) is 34.5 Å². The van der Waals surface area contributed by atoms with E-state index in [4.69, 9.17) is 9.47 Å². The minimum Gasteiger partial charge on any atom is -0.508 e. The third-order valence-electron chi connectivity index (χ3n) is 6.06. The van der Waals surface area contributed by atoms with Gasteiger partial charge in [0.2, 0.25) is 0 Å². The molecular formula is C30H24I6N2O8. The van der Waals surface area contributed by atoms with E-state index in [-0.39, 0.29) is 11.5 Å². The number of benzene rings is 4. The highest BCUT2D eigenvalue weighted by Gasteiger charge is 2.41. The van der Waals surface area contributed by atoms with Gasteiger partial charge in [-0.15, -0.1) is 0 Å². The van der Waals surface area contributed by atoms with E-state index >= 15 is 0 Å². The van der Waals surface area contributed by atoms with E-state index in [0.717, 1.165) is 11.1 Å². The summed E-state index contributed by atoms with van der Waals surface area (Å²) in [6.45, 7) is 0. The second-order valence-corrected chi connectivity index (χ2v) is 20.5. The highest BCUT2D eigenvalue weighted by Crippen LogP contribution is 2.37. The highest BCUT2D eigenvalue weighted by atomic mass is 127. The number of ether oxygens (including phenoxy) is 2. The SMILES string of the molecule is O=C(O)[C@](I)(Cc1ccc(Oc2ccc(O)cc2)cc1)N(I)I.O=C(O)[C@](I)(Cc1ccc(Oc2ccc(O)cc2)cc1)N(I)I. The minimum absolute atomic E-state index is 0.182. The molecule has 0 aliphatic heterocycles. The number of rotatable bonds is 12. The molecule has 0 fully saturated rings. The lowest BCUT2D eigenvalue weighted by molar-refractivity contribution is -0.141. The molecule has 0 bridgehead atoms. The Labute approximate surface area is 348 Å². The van der Waals surface area contributed by atoms with E-state index in [2.05, 4.69) is 0 Å². The molecule has 0 amide bonds. The highest BCUT2D eigenvalue weighted by molar-refractivity contribution is 14.2. The van der Waals surface area contributed by atoms with Crippen LogP contribution in [0.25, 0.3) is 0 Å². The zero-order valence-electron chi connectivity index (χ0n) is 23.2. The third-order valence-corrected chi connectivity index (χ3v) is 15.7. The van der Waals surface area contributed by atoms with E-state index in [1.807, 2.05) is 161 Å². The molecule has 0 spiro atoms. The van der Waals surface area contributed by atoms with Crippen LogP contribution in [0.5, 0.6) is 34.5 Å². The molecule has 0 unspecified atom stereocenters. The molecule has 244 valence electrons. The number of carboxylic acids is 2. The van der Waals surface area contributed by atoms with E-state index in [0.29, 0.717) is 35.8 Å². The zero-order valence-corrected chi connectivity index (χ0v) is 36.2. The fourth-order valence-electron chi connectivity index (χ4n) is 3.61. The summed E-state index contributed by atoms with van der Waals surface area (Å²) in [5, 5.41) is 37.4. The van der Waals surface area contributed by atoms with Crippen LogP contribution in [0.2, 0.25) is 0 Å². The summed E-state index contributed by atoms with van der Waals surface area (Å²) in [5.74, 6) is 1.13. The van der Waals surface area contributed by atoms with Crippen LogP contribution in [0.15, 0.2) is 97.1 Å². The van der Waals surface area contributed by atoms with Gasteiger partial charge in [-0.3, -0.25) is 0 Å². The number of carbonyl (C=O) groups is 2. The molecule has 0 radical (unpaired) electrons. The Balaban J connectivity index is 0.000000250. The Morgan fingerprint density at radius 2 is 0.761 bits per heavy atom. The summed E-state index contributed by atoms with van der Waals surface area (Å²) < 4.78 is 12.6. The van der Waals surface area contributed by atoms with Gasteiger partial charge in [0.25, 0.3) is 0 Å². The molecule has 4 aromatic carbocycles. The molecule has 16 heteroatoms. The molecule has 4 aromatic rings. The average molecular weight is 1300 g/mol. The van der Waals surface area contributed by atoms with Crippen LogP contribution in [0.4, 0.5) is 0 Å². The lowest BCUT2D eigenvalue weighted by atomic mass is 10.1. The quantitative estimate of drug-likeness (QED) is 0.0469. The first-order valence-corrected chi connectivity index (χ1v) is 18.8. The fourth-order valence-corrected chi connectivity index (χ4v) is 6.00. The van der Waals surface area contributed by atoms with Crippen molar-refractivity contribution in [3.05, 3.63) is 108 Å². The molecule has 0 aromatic heterocycles. The van der Waals surface area contributed by atoms with Crippen LogP contribution in [0.1, 0.15) is 11.1 Å². The predicted octanol–water partition coefficient (Wildman–Crippen LogP) is 9.89. The number of phenols is 2. The van der Waals surface area contributed by atoms with Crippen LogP contribution < -0.4 is 9.47 Å². The molecule has 0 saturated heterocycles. The Bertz CT molecular complexity index is 1470. The number of aliphatic carboxylic acids is 2. The molecule has 10 nitrogen and oxygen atoms in total. The van der Waals surface area contributed by atoms with Crippen LogP contribution in [0, 0.1) is 0 Å². The Morgan fingerprint density at radius 3 is 0.978 bits per heavy atom. The van der Waals surface area contributed by atoms with Crippen LogP contribution in [0.3, 0.4) is 0 Å². The van der Waals surface area contributed by atoms with Crippen molar-refractivity contribution in [2.24, 2.45) is 0 Å². The molecular weight excluding hydrogens is 1280 g/mol. The van der Waals surface area contributed by atoms with Gasteiger partial charge in [0.05, 0.1) is 0 Å². The number of hydrogen-bond donors (Lipinski definition) is 4. The van der Waals surface area contributed by atoms with Gasteiger partial charge in [0, 0.05) is 104 Å². The van der Waals surface area contributed by atoms with Crippen molar-refractivity contribution in [3.8, 4) is 34.5 Å². The van der Waals surface area contributed by atoms with E-state index < -0.39 is 19.0 Å². The maximum Gasteiger partial charge on any atom is 0.336 e. The van der Waals surface area contributed by atoms with Crippen molar-refractivity contribution in [1.29, 1.82) is 0 Å². The van der Waals surface area contributed by atoms with Gasteiger partial charge in [-0.05, 0) is 129 Å². The lowest BCUT2D eigenvalue weighted by Gasteiger charge is -2.26. The average Bonchev–Trinajstić information content (AvgIpc) is 3.01. The van der Waals surface area contributed by atoms with Gasteiger partial charge < -0.3 is 29.9 Å². The van der Waals surface area contributed by atoms with E-state index in [1.54, 1.807) is 75.4 Å². The van der Waals surface area contributed by atoms with Crippen LogP contribution in [-0.4, -0.2) is 42.1 Å². The maximum atomic E-state index is 11.5. The summed E-state index contributed by atoms with van der Waals surface area (Å²) in [6.07, 6.45) is 0.739. The van der Waals surface area contributed by atoms with Gasteiger partial charge in [0.15, 0.2) is 7.09 Å². The number of aromatic hydroxyl groups is 2. The van der Waals surface area contributed by atoms with Crippen molar-refractivity contribution in [2.75, 3.05) is 0 Å². The van der Waals surface area contributed by atoms with Crippen LogP contribution in [-0.2, 0) is 22.4 Å². The number of alkyl halides is 2. The second kappa shape index (κ2) is 18.4. The monoisotopic (exact) mass is 1300 g/mol. The van der Waals surface area contributed by atoms with Crippen molar-refractivity contribution in [3.63, 3.8) is 0 Å². The number of hydrogen-bond acceptors (Lipinski definition) is 8. The normalized spacial score (nSPS) is 13.6. The predicted molar refractivity (Wildman–Crippen MR) is 225 cm³/mol. The standard InChI is InChI=1S/2C15H12I3NO4/c2*16-15(14(21)22,19(17)18)9-10-1-5-12(6-2-10)23-13-7-3-11(20)4-8-13/h2*1-8,20H,9H2,(H,21,22)/t2*15-/m00/s1. The molecule has 4 rings (SSSR count).